The van der Waals surface area contributed by atoms with Crippen LogP contribution in [0, 0.1) is 0 Å². The van der Waals surface area contributed by atoms with Gasteiger partial charge in [-0.15, -0.1) is 0 Å². The highest BCUT2D eigenvalue weighted by atomic mass is 35.5. The predicted molar refractivity (Wildman–Crippen MR) is 94.7 cm³/mol. The summed E-state index contributed by atoms with van der Waals surface area (Å²) in [7, 11) is 1.99. The molecule has 0 N–H and O–H groups in total. The van der Waals surface area contributed by atoms with Crippen molar-refractivity contribution in [3.8, 4) is 5.75 Å². The van der Waals surface area contributed by atoms with Crippen LogP contribution in [0.3, 0.4) is 0 Å². The average molecular weight is 352 g/mol. The Morgan fingerprint density at radius 3 is 2.30 bits per heavy atom. The Bertz CT molecular complexity index is 684. The van der Waals surface area contributed by atoms with Gasteiger partial charge in [0.25, 0.3) is 0 Å². The monoisotopic (exact) mass is 351 g/mol. The number of rotatable bonds is 7. The standard InChI is InChI=1S/C17H18ClNO3S/c1-21-16-9-3-13(4-10-16)11-23(20)12-17(19-22-2)14-5-7-15(18)8-6-14/h3-10H,11-12H2,1-2H3/b19-17-/t23-/m0/s1. The summed E-state index contributed by atoms with van der Waals surface area (Å²) in [6.45, 7) is 0. The highest BCUT2D eigenvalue weighted by molar-refractivity contribution is 7.85. The first kappa shape index (κ1) is 17.5. The van der Waals surface area contributed by atoms with E-state index in [0.717, 1.165) is 16.9 Å². The fourth-order valence-corrected chi connectivity index (χ4v) is 3.34. The Labute approximate surface area is 143 Å². The quantitative estimate of drug-likeness (QED) is 0.565. The Balaban J connectivity index is 2.05. The van der Waals surface area contributed by atoms with Crippen LogP contribution in [-0.4, -0.2) is 29.9 Å². The predicted octanol–water partition coefficient (Wildman–Crippen LogP) is 3.65. The molecule has 4 nitrogen and oxygen atoms in total. The minimum atomic E-state index is -1.10. The third kappa shape index (κ3) is 5.37. The van der Waals surface area contributed by atoms with Crippen molar-refractivity contribution in [2.24, 2.45) is 5.16 Å². The number of oxime groups is 1. The Morgan fingerprint density at radius 2 is 1.74 bits per heavy atom. The van der Waals surface area contributed by atoms with E-state index in [1.54, 1.807) is 19.2 Å². The maximum Gasteiger partial charge on any atom is 0.118 e. The topological polar surface area (TPSA) is 47.9 Å². The van der Waals surface area contributed by atoms with Crippen molar-refractivity contribution < 1.29 is 13.8 Å². The van der Waals surface area contributed by atoms with E-state index in [-0.39, 0.29) is 0 Å². The maximum atomic E-state index is 12.4. The van der Waals surface area contributed by atoms with Crippen molar-refractivity contribution in [3.63, 3.8) is 0 Å². The molecule has 0 fully saturated rings. The van der Waals surface area contributed by atoms with Gasteiger partial charge in [-0.1, -0.05) is 41.0 Å². The SMILES string of the molecule is CO/N=C(/C[S@@](=O)Cc1ccc(OC)cc1)c1ccc(Cl)cc1. The molecule has 0 unspecified atom stereocenters. The molecule has 0 saturated heterocycles. The number of hydrogen-bond donors (Lipinski definition) is 0. The second-order valence-corrected chi connectivity index (χ2v) is 6.70. The summed E-state index contributed by atoms with van der Waals surface area (Å²) in [5, 5.41) is 4.64. The molecule has 0 spiro atoms. The first-order chi connectivity index (χ1) is 11.1. The third-order valence-electron chi connectivity index (χ3n) is 3.16. The molecule has 0 aliphatic rings. The van der Waals surface area contributed by atoms with Crippen molar-refractivity contribution in [1.82, 2.24) is 0 Å². The largest absolute Gasteiger partial charge is 0.497 e. The normalized spacial score (nSPS) is 12.7. The molecule has 122 valence electrons. The zero-order valence-corrected chi connectivity index (χ0v) is 14.6. The highest BCUT2D eigenvalue weighted by Gasteiger charge is 2.11. The van der Waals surface area contributed by atoms with E-state index in [1.807, 2.05) is 36.4 Å². The van der Waals surface area contributed by atoms with Gasteiger partial charge in [0.1, 0.15) is 12.9 Å². The van der Waals surface area contributed by atoms with E-state index in [2.05, 4.69) is 5.16 Å². The van der Waals surface area contributed by atoms with Crippen LogP contribution in [0.2, 0.25) is 5.02 Å². The third-order valence-corrected chi connectivity index (χ3v) is 4.67. The smallest absolute Gasteiger partial charge is 0.118 e. The van der Waals surface area contributed by atoms with Crippen LogP contribution in [0.1, 0.15) is 11.1 Å². The molecule has 0 saturated carbocycles. The van der Waals surface area contributed by atoms with Crippen molar-refractivity contribution in [1.29, 1.82) is 0 Å². The van der Waals surface area contributed by atoms with E-state index in [4.69, 9.17) is 21.2 Å². The van der Waals surface area contributed by atoms with Gasteiger partial charge in [0.2, 0.25) is 0 Å². The molecule has 0 heterocycles. The van der Waals surface area contributed by atoms with Crippen molar-refractivity contribution in [3.05, 3.63) is 64.7 Å². The lowest BCUT2D eigenvalue weighted by Gasteiger charge is -2.07. The number of hydrogen-bond acceptors (Lipinski definition) is 4. The Hall–Kier alpha value is -1.85. The maximum absolute atomic E-state index is 12.4. The van der Waals surface area contributed by atoms with Gasteiger partial charge in [-0.3, -0.25) is 4.21 Å². The molecule has 0 amide bonds. The average Bonchev–Trinajstić information content (AvgIpc) is 2.56. The molecule has 23 heavy (non-hydrogen) atoms. The van der Waals surface area contributed by atoms with Crippen LogP contribution in [0.5, 0.6) is 5.75 Å². The molecule has 0 radical (unpaired) electrons. The van der Waals surface area contributed by atoms with Crippen molar-refractivity contribution in [2.45, 2.75) is 5.75 Å². The molecule has 0 bridgehead atoms. The number of ether oxygens (including phenoxy) is 1. The summed E-state index contributed by atoms with van der Waals surface area (Å²) < 4.78 is 17.5. The van der Waals surface area contributed by atoms with E-state index in [1.165, 1.54) is 7.11 Å². The van der Waals surface area contributed by atoms with Crippen LogP contribution in [-0.2, 0) is 21.4 Å². The summed E-state index contributed by atoms with van der Waals surface area (Å²) in [6, 6.07) is 14.8. The lowest BCUT2D eigenvalue weighted by molar-refractivity contribution is 0.213. The molecule has 1 atom stereocenters. The number of nitrogens with zero attached hydrogens (tertiary/aromatic N) is 1. The van der Waals surface area contributed by atoms with Gasteiger partial charge in [0.15, 0.2) is 0 Å². The molecule has 2 aromatic carbocycles. The molecule has 6 heteroatoms. The van der Waals surface area contributed by atoms with Gasteiger partial charge in [0, 0.05) is 27.1 Å². The Kier molecular flexibility index (Phi) is 6.62. The minimum Gasteiger partial charge on any atom is -0.497 e. The zero-order chi connectivity index (χ0) is 16.7. The second kappa shape index (κ2) is 8.70. The molecule has 0 aromatic heterocycles. The lowest BCUT2D eigenvalue weighted by atomic mass is 10.1. The summed E-state index contributed by atoms with van der Waals surface area (Å²) in [6.07, 6.45) is 0. The van der Waals surface area contributed by atoms with Crippen molar-refractivity contribution in [2.75, 3.05) is 20.0 Å². The number of benzene rings is 2. The summed E-state index contributed by atoms with van der Waals surface area (Å²) in [5.74, 6) is 1.53. The number of halogens is 1. The Morgan fingerprint density at radius 1 is 1.09 bits per heavy atom. The number of methoxy groups -OCH3 is 1. The van der Waals surface area contributed by atoms with Gasteiger partial charge in [0.05, 0.1) is 18.6 Å². The van der Waals surface area contributed by atoms with E-state index in [0.29, 0.717) is 22.2 Å². The molecule has 2 aromatic rings. The fourth-order valence-electron chi connectivity index (χ4n) is 2.03. The van der Waals surface area contributed by atoms with E-state index >= 15 is 0 Å². The molecular weight excluding hydrogens is 334 g/mol. The van der Waals surface area contributed by atoms with Crippen LogP contribution >= 0.6 is 11.6 Å². The van der Waals surface area contributed by atoms with Crippen LogP contribution in [0.4, 0.5) is 0 Å². The minimum absolute atomic E-state index is 0.307. The first-order valence-electron chi connectivity index (χ1n) is 6.96. The highest BCUT2D eigenvalue weighted by Crippen LogP contribution is 2.14. The summed E-state index contributed by atoms with van der Waals surface area (Å²) in [4.78, 5) is 4.87. The van der Waals surface area contributed by atoms with Crippen molar-refractivity contribution >= 4 is 28.1 Å². The van der Waals surface area contributed by atoms with Gasteiger partial charge in [-0.05, 0) is 29.8 Å². The summed E-state index contributed by atoms with van der Waals surface area (Å²) >= 11 is 5.89. The summed E-state index contributed by atoms with van der Waals surface area (Å²) in [5.41, 5.74) is 2.47. The molecule has 0 aliphatic carbocycles. The molecular formula is C17H18ClNO3S. The van der Waals surface area contributed by atoms with E-state index < -0.39 is 10.8 Å². The lowest BCUT2D eigenvalue weighted by Crippen LogP contribution is -2.14. The fraction of sp³-hybridized carbons (Fsp3) is 0.235. The van der Waals surface area contributed by atoms with E-state index in [9.17, 15) is 4.21 Å². The molecule has 0 aliphatic heterocycles. The van der Waals surface area contributed by atoms with Crippen LogP contribution in [0.15, 0.2) is 53.7 Å². The van der Waals surface area contributed by atoms with Gasteiger partial charge >= 0.3 is 0 Å². The second-order valence-electron chi connectivity index (χ2n) is 4.80. The van der Waals surface area contributed by atoms with Gasteiger partial charge < -0.3 is 9.57 Å². The van der Waals surface area contributed by atoms with Gasteiger partial charge in [-0.2, -0.15) is 0 Å². The molecule has 2 rings (SSSR count). The van der Waals surface area contributed by atoms with Crippen LogP contribution in [0.25, 0.3) is 0 Å². The van der Waals surface area contributed by atoms with Gasteiger partial charge in [-0.25, -0.2) is 0 Å². The first-order valence-corrected chi connectivity index (χ1v) is 8.83. The van der Waals surface area contributed by atoms with Crippen LogP contribution < -0.4 is 4.74 Å². The zero-order valence-electron chi connectivity index (χ0n) is 13.0.